The second-order valence-corrected chi connectivity index (χ2v) is 7.71. The maximum atomic E-state index is 12.1. The van der Waals surface area contributed by atoms with E-state index in [9.17, 15) is 13.2 Å². The fraction of sp³-hybridized carbons (Fsp3) is 0.273. The molecule has 2 aromatic rings. The highest BCUT2D eigenvalue weighted by Crippen LogP contribution is 2.25. The van der Waals surface area contributed by atoms with Crippen molar-refractivity contribution in [2.45, 2.75) is 24.5 Å². The average Bonchev–Trinajstić information content (AvgIpc) is 2.96. The number of carbonyl (C=O) groups excluding carboxylic acids is 1. The molecule has 102 valence electrons. The minimum Gasteiger partial charge on any atom is -0.293 e. The molecule has 8 heteroatoms. The second kappa shape index (κ2) is 5.40. The number of sulfonamides is 1. The standard InChI is InChI=1S/C11H12N2O3S3/c1-3-8-4-5-10(18-8)19(15,16)13-11-12-9(6-17-11)7(2)14/h4-6H,3H2,1-2H3,(H,12,13). The Bertz CT molecular complexity index is 700. The van der Waals surface area contributed by atoms with Gasteiger partial charge in [0.1, 0.15) is 9.90 Å². The molecule has 0 fully saturated rings. The van der Waals surface area contributed by atoms with Crippen molar-refractivity contribution >= 4 is 43.6 Å². The predicted molar refractivity (Wildman–Crippen MR) is 76.6 cm³/mol. The van der Waals surface area contributed by atoms with Crippen molar-refractivity contribution in [3.05, 3.63) is 28.1 Å². The summed E-state index contributed by atoms with van der Waals surface area (Å²) in [6.45, 7) is 3.36. The normalized spacial score (nSPS) is 11.5. The van der Waals surface area contributed by atoms with E-state index in [-0.39, 0.29) is 20.8 Å². The highest BCUT2D eigenvalue weighted by atomic mass is 32.2. The Morgan fingerprint density at radius 1 is 1.42 bits per heavy atom. The van der Waals surface area contributed by atoms with Crippen molar-refractivity contribution < 1.29 is 13.2 Å². The lowest BCUT2D eigenvalue weighted by atomic mass is 10.4. The summed E-state index contributed by atoms with van der Waals surface area (Å²) in [5.41, 5.74) is 0.267. The smallest absolute Gasteiger partial charge is 0.273 e. The Labute approximate surface area is 119 Å². The van der Waals surface area contributed by atoms with E-state index < -0.39 is 10.0 Å². The van der Waals surface area contributed by atoms with Gasteiger partial charge in [-0.05, 0) is 18.6 Å². The summed E-state index contributed by atoms with van der Waals surface area (Å²) in [7, 11) is -3.61. The number of rotatable bonds is 5. The number of nitrogens with one attached hydrogen (secondary N) is 1. The number of hydrogen-bond acceptors (Lipinski definition) is 6. The number of aryl methyl sites for hydroxylation is 1. The molecule has 0 aliphatic rings. The zero-order chi connectivity index (χ0) is 14.0. The monoisotopic (exact) mass is 316 g/mol. The van der Waals surface area contributed by atoms with Gasteiger partial charge in [-0.3, -0.25) is 9.52 Å². The van der Waals surface area contributed by atoms with E-state index in [0.717, 1.165) is 22.6 Å². The van der Waals surface area contributed by atoms with Gasteiger partial charge in [0.15, 0.2) is 10.9 Å². The quantitative estimate of drug-likeness (QED) is 0.861. The molecule has 2 aromatic heterocycles. The van der Waals surface area contributed by atoms with Crippen LogP contribution in [-0.2, 0) is 16.4 Å². The molecule has 0 aromatic carbocycles. The van der Waals surface area contributed by atoms with Crippen molar-refractivity contribution in [3.8, 4) is 0 Å². The van der Waals surface area contributed by atoms with Crippen LogP contribution >= 0.6 is 22.7 Å². The number of Topliss-reactive ketones (excluding diaryl/α,β-unsaturated/α-hetero) is 1. The van der Waals surface area contributed by atoms with E-state index in [1.54, 1.807) is 12.1 Å². The van der Waals surface area contributed by atoms with Crippen LogP contribution in [0.5, 0.6) is 0 Å². The Morgan fingerprint density at radius 3 is 2.68 bits per heavy atom. The van der Waals surface area contributed by atoms with Gasteiger partial charge in [0.05, 0.1) is 0 Å². The van der Waals surface area contributed by atoms with Crippen molar-refractivity contribution in [2.75, 3.05) is 4.72 Å². The summed E-state index contributed by atoms with van der Waals surface area (Å²) in [6, 6.07) is 3.37. The first kappa shape index (κ1) is 14.2. The van der Waals surface area contributed by atoms with Crippen LogP contribution in [-0.4, -0.2) is 19.2 Å². The minimum atomic E-state index is -3.61. The zero-order valence-electron chi connectivity index (χ0n) is 10.3. The van der Waals surface area contributed by atoms with Crippen molar-refractivity contribution in [1.82, 2.24) is 4.98 Å². The summed E-state index contributed by atoms with van der Waals surface area (Å²) in [5.74, 6) is -0.189. The first-order valence-electron chi connectivity index (χ1n) is 5.50. The third-order valence-corrected chi connectivity index (χ3v) is 6.28. The molecule has 0 saturated carbocycles. The van der Waals surface area contributed by atoms with E-state index >= 15 is 0 Å². The van der Waals surface area contributed by atoms with Gasteiger partial charge < -0.3 is 0 Å². The molecule has 0 saturated heterocycles. The van der Waals surface area contributed by atoms with Crippen molar-refractivity contribution in [1.29, 1.82) is 0 Å². The van der Waals surface area contributed by atoms with Crippen LogP contribution in [0, 0.1) is 0 Å². The zero-order valence-corrected chi connectivity index (χ0v) is 12.8. The molecule has 0 atom stereocenters. The van der Waals surface area contributed by atoms with E-state index in [1.807, 2.05) is 6.92 Å². The lowest BCUT2D eigenvalue weighted by molar-refractivity contribution is 0.101. The van der Waals surface area contributed by atoms with Gasteiger partial charge in [0.25, 0.3) is 10.0 Å². The lowest BCUT2D eigenvalue weighted by Crippen LogP contribution is -2.11. The maximum absolute atomic E-state index is 12.1. The van der Waals surface area contributed by atoms with E-state index in [4.69, 9.17) is 0 Å². The van der Waals surface area contributed by atoms with Crippen LogP contribution in [0.3, 0.4) is 0 Å². The molecule has 19 heavy (non-hydrogen) atoms. The number of thiophene rings is 1. The molecule has 0 bridgehead atoms. The number of hydrogen-bond donors (Lipinski definition) is 1. The summed E-state index contributed by atoms with van der Waals surface area (Å²) < 4.78 is 26.8. The SMILES string of the molecule is CCc1ccc(S(=O)(=O)Nc2nc(C(C)=O)cs2)s1. The third-order valence-electron chi connectivity index (χ3n) is 2.34. The van der Waals surface area contributed by atoms with Crippen LogP contribution in [0.25, 0.3) is 0 Å². The van der Waals surface area contributed by atoms with Crippen LogP contribution < -0.4 is 4.72 Å². The molecular formula is C11H12N2O3S3. The van der Waals surface area contributed by atoms with Crippen LogP contribution in [0.4, 0.5) is 5.13 Å². The number of carbonyl (C=O) groups is 1. The Balaban J connectivity index is 2.23. The molecule has 0 aliphatic heterocycles. The van der Waals surface area contributed by atoms with Gasteiger partial charge >= 0.3 is 0 Å². The topological polar surface area (TPSA) is 76.1 Å². The summed E-state index contributed by atoms with van der Waals surface area (Å²) in [5, 5.41) is 1.74. The molecule has 0 radical (unpaired) electrons. The van der Waals surface area contributed by atoms with E-state index in [0.29, 0.717) is 0 Å². The second-order valence-electron chi connectivity index (χ2n) is 3.77. The summed E-state index contributed by atoms with van der Waals surface area (Å²) in [4.78, 5) is 16.0. The molecule has 5 nitrogen and oxygen atoms in total. The van der Waals surface area contributed by atoms with Gasteiger partial charge in [0.2, 0.25) is 0 Å². The van der Waals surface area contributed by atoms with E-state index in [2.05, 4.69) is 9.71 Å². The molecule has 2 heterocycles. The van der Waals surface area contributed by atoms with Gasteiger partial charge in [-0.1, -0.05) is 6.92 Å². The number of anilines is 1. The predicted octanol–water partition coefficient (Wildman–Crippen LogP) is 2.77. The minimum absolute atomic E-state index is 0.189. The number of aromatic nitrogens is 1. The number of nitrogens with zero attached hydrogens (tertiary/aromatic N) is 1. The Kier molecular flexibility index (Phi) is 4.02. The van der Waals surface area contributed by atoms with Gasteiger partial charge in [0, 0.05) is 17.2 Å². The van der Waals surface area contributed by atoms with Gasteiger partial charge in [-0.2, -0.15) is 0 Å². The van der Waals surface area contributed by atoms with Crippen LogP contribution in [0.1, 0.15) is 29.2 Å². The highest BCUT2D eigenvalue weighted by Gasteiger charge is 2.18. The third kappa shape index (κ3) is 3.20. The maximum Gasteiger partial charge on any atom is 0.273 e. The first-order valence-corrected chi connectivity index (χ1v) is 8.68. The number of thiazole rings is 1. The molecule has 1 N–H and O–H groups in total. The van der Waals surface area contributed by atoms with Crippen molar-refractivity contribution in [3.63, 3.8) is 0 Å². The first-order chi connectivity index (χ1) is 8.92. The molecular weight excluding hydrogens is 304 g/mol. The fourth-order valence-corrected chi connectivity index (χ4v) is 4.64. The van der Waals surface area contributed by atoms with Crippen molar-refractivity contribution in [2.24, 2.45) is 0 Å². The largest absolute Gasteiger partial charge is 0.293 e. The Hall–Kier alpha value is -1.25. The molecule has 2 rings (SSSR count). The summed E-state index contributed by atoms with van der Waals surface area (Å²) >= 11 is 2.33. The number of ketones is 1. The molecule has 0 unspecified atom stereocenters. The van der Waals surface area contributed by atoms with Gasteiger partial charge in [-0.15, -0.1) is 22.7 Å². The molecule has 0 spiro atoms. The Morgan fingerprint density at radius 2 is 2.16 bits per heavy atom. The highest BCUT2D eigenvalue weighted by molar-refractivity contribution is 7.94. The van der Waals surface area contributed by atoms with Crippen LogP contribution in [0.2, 0.25) is 0 Å². The van der Waals surface area contributed by atoms with Crippen LogP contribution in [0.15, 0.2) is 21.7 Å². The summed E-state index contributed by atoms with van der Waals surface area (Å²) in [6.07, 6.45) is 0.798. The van der Waals surface area contributed by atoms with Gasteiger partial charge in [-0.25, -0.2) is 13.4 Å². The fourth-order valence-electron chi connectivity index (χ4n) is 1.34. The lowest BCUT2D eigenvalue weighted by Gasteiger charge is -2.01. The van der Waals surface area contributed by atoms with E-state index in [1.165, 1.54) is 23.6 Å². The molecule has 0 aliphatic carbocycles. The molecule has 0 amide bonds. The average molecular weight is 316 g/mol.